The number of aliphatic hydroxyl groups is 1. The Morgan fingerprint density at radius 1 is 0.862 bits per heavy atom. The van der Waals surface area contributed by atoms with E-state index < -0.39 is 5.91 Å². The minimum Gasteiger partial charge on any atom is -0.505 e. The maximum atomic E-state index is 12.9. The monoisotopic (exact) mass is 445 g/mol. The Kier molecular flexibility index (Phi) is 6.88. The van der Waals surface area contributed by atoms with Crippen molar-refractivity contribution in [3.05, 3.63) is 99.1 Å². The molecule has 0 atom stereocenters. The van der Waals surface area contributed by atoms with Crippen LogP contribution in [-0.4, -0.2) is 11.0 Å². The van der Waals surface area contributed by atoms with E-state index in [-0.39, 0.29) is 22.2 Å². The van der Waals surface area contributed by atoms with E-state index in [1.165, 1.54) is 6.07 Å². The Morgan fingerprint density at radius 2 is 1.52 bits per heavy atom. The van der Waals surface area contributed by atoms with Crippen molar-refractivity contribution in [3.63, 3.8) is 0 Å². The molecule has 3 aromatic rings. The fraction of sp³-hybridized carbons (Fsp3) is 0. The van der Waals surface area contributed by atoms with Gasteiger partial charge in [-0.1, -0.05) is 65.1 Å². The zero-order valence-corrected chi connectivity index (χ0v) is 17.1. The molecule has 0 heterocycles. The van der Waals surface area contributed by atoms with Crippen molar-refractivity contribution >= 4 is 57.8 Å². The van der Waals surface area contributed by atoms with Crippen molar-refractivity contribution < 1.29 is 9.90 Å². The molecule has 29 heavy (non-hydrogen) atoms. The van der Waals surface area contributed by atoms with Crippen LogP contribution in [0.2, 0.25) is 15.1 Å². The molecule has 8 heteroatoms. The van der Waals surface area contributed by atoms with Crippen LogP contribution in [0.15, 0.2) is 88.7 Å². The first-order valence-electron chi connectivity index (χ1n) is 8.36. The molecule has 0 aliphatic carbocycles. The maximum absolute atomic E-state index is 12.9. The first-order valence-corrected chi connectivity index (χ1v) is 9.50. The largest absolute Gasteiger partial charge is 0.505 e. The molecule has 0 fully saturated rings. The minimum atomic E-state index is -0.701. The molecule has 0 saturated heterocycles. The van der Waals surface area contributed by atoms with Crippen LogP contribution in [0, 0.1) is 0 Å². The number of hydrogen-bond acceptors (Lipinski definition) is 4. The van der Waals surface area contributed by atoms with Crippen molar-refractivity contribution in [3.8, 4) is 0 Å². The van der Waals surface area contributed by atoms with Crippen LogP contribution >= 0.6 is 34.8 Å². The molecule has 146 valence electrons. The lowest BCUT2D eigenvalue weighted by Gasteiger charge is -2.09. The quantitative estimate of drug-likeness (QED) is 0.245. The van der Waals surface area contributed by atoms with E-state index in [9.17, 15) is 9.90 Å². The van der Waals surface area contributed by atoms with Crippen LogP contribution in [-0.2, 0) is 4.79 Å². The Balaban J connectivity index is 1.99. The first kappa shape index (κ1) is 20.9. The third-order valence-corrected chi connectivity index (χ3v) is 4.57. The van der Waals surface area contributed by atoms with E-state index >= 15 is 0 Å². The highest BCUT2D eigenvalue weighted by Crippen LogP contribution is 2.27. The third-order valence-electron chi connectivity index (χ3n) is 3.76. The van der Waals surface area contributed by atoms with Gasteiger partial charge in [0.1, 0.15) is 0 Å². The Bertz CT molecular complexity index is 1080. The van der Waals surface area contributed by atoms with Crippen LogP contribution in [0.25, 0.3) is 5.76 Å². The van der Waals surface area contributed by atoms with E-state index in [1.807, 2.05) is 0 Å². The van der Waals surface area contributed by atoms with Crippen molar-refractivity contribution in [2.24, 2.45) is 10.2 Å². The standard InChI is InChI=1S/C21H14Cl3N3O2/c22-14-6-9-16(10-7-14)26-27-19(20(28)13-4-2-1-3-5-13)21(29)25-18-12-15(23)8-11-17(18)24/h1-12,28H,(H,25,29). The summed E-state index contributed by atoms with van der Waals surface area (Å²) in [7, 11) is 0. The van der Waals surface area contributed by atoms with Crippen LogP contribution in [0.1, 0.15) is 5.56 Å². The van der Waals surface area contributed by atoms with Gasteiger partial charge in [-0.2, -0.15) is 5.11 Å². The van der Waals surface area contributed by atoms with Gasteiger partial charge in [0.25, 0.3) is 5.91 Å². The summed E-state index contributed by atoms with van der Waals surface area (Å²) in [5.41, 5.74) is 0.859. The molecule has 5 nitrogen and oxygen atoms in total. The zero-order valence-electron chi connectivity index (χ0n) is 14.8. The minimum absolute atomic E-state index is 0.282. The predicted octanol–water partition coefficient (Wildman–Crippen LogP) is 7.30. The summed E-state index contributed by atoms with van der Waals surface area (Å²) in [6.45, 7) is 0. The summed E-state index contributed by atoms with van der Waals surface area (Å²) < 4.78 is 0. The summed E-state index contributed by atoms with van der Waals surface area (Å²) in [4.78, 5) is 12.9. The lowest BCUT2D eigenvalue weighted by molar-refractivity contribution is -0.112. The van der Waals surface area contributed by atoms with E-state index in [0.717, 1.165) is 0 Å². The summed E-state index contributed by atoms with van der Waals surface area (Å²) in [6, 6.07) is 19.7. The average Bonchev–Trinajstić information content (AvgIpc) is 2.72. The Hall–Kier alpha value is -2.86. The molecule has 1 amide bonds. The van der Waals surface area contributed by atoms with Crippen LogP contribution in [0.3, 0.4) is 0 Å². The number of anilines is 1. The molecule has 0 unspecified atom stereocenters. The lowest BCUT2D eigenvalue weighted by atomic mass is 10.1. The second-order valence-electron chi connectivity index (χ2n) is 5.82. The number of aliphatic hydroxyl groups excluding tert-OH is 1. The van der Waals surface area contributed by atoms with Gasteiger partial charge in [-0.05, 0) is 42.5 Å². The highest BCUT2D eigenvalue weighted by atomic mass is 35.5. The molecule has 0 bridgehead atoms. The van der Waals surface area contributed by atoms with Gasteiger partial charge in [-0.25, -0.2) is 0 Å². The average molecular weight is 447 g/mol. The fourth-order valence-corrected chi connectivity index (χ4v) is 2.79. The van der Waals surface area contributed by atoms with E-state index in [0.29, 0.717) is 21.3 Å². The lowest BCUT2D eigenvalue weighted by Crippen LogP contribution is -2.15. The molecule has 0 spiro atoms. The van der Waals surface area contributed by atoms with Crippen LogP contribution in [0.5, 0.6) is 0 Å². The van der Waals surface area contributed by atoms with Gasteiger partial charge in [0.05, 0.1) is 16.4 Å². The molecule has 0 aromatic heterocycles. The second kappa shape index (κ2) is 9.56. The van der Waals surface area contributed by atoms with Crippen molar-refractivity contribution in [2.75, 3.05) is 5.32 Å². The second-order valence-corrected chi connectivity index (χ2v) is 7.10. The summed E-state index contributed by atoms with van der Waals surface area (Å²) in [6.07, 6.45) is 0. The Labute approximate surface area is 182 Å². The SMILES string of the molecule is O=C(Nc1cc(Cl)ccc1Cl)C(N=Nc1ccc(Cl)cc1)=C(O)c1ccccc1. The number of halogens is 3. The molecule has 3 aromatic carbocycles. The number of amides is 1. The van der Waals surface area contributed by atoms with Gasteiger partial charge < -0.3 is 10.4 Å². The molecule has 0 aliphatic rings. The number of azo groups is 1. The van der Waals surface area contributed by atoms with Crippen molar-refractivity contribution in [1.29, 1.82) is 0 Å². The van der Waals surface area contributed by atoms with E-state index in [2.05, 4.69) is 15.5 Å². The third kappa shape index (κ3) is 5.57. The predicted molar refractivity (Wildman–Crippen MR) is 117 cm³/mol. The van der Waals surface area contributed by atoms with E-state index in [4.69, 9.17) is 34.8 Å². The summed E-state index contributed by atoms with van der Waals surface area (Å²) in [5.74, 6) is -1.04. The molecular formula is C21H14Cl3N3O2. The highest BCUT2D eigenvalue weighted by molar-refractivity contribution is 6.36. The van der Waals surface area contributed by atoms with Gasteiger partial charge in [0.2, 0.25) is 0 Å². The van der Waals surface area contributed by atoms with Gasteiger partial charge in [-0.15, -0.1) is 5.11 Å². The number of hydrogen-bond donors (Lipinski definition) is 2. The normalized spacial score (nSPS) is 12.0. The molecule has 0 aliphatic heterocycles. The zero-order chi connectivity index (χ0) is 20.8. The van der Waals surface area contributed by atoms with Gasteiger partial charge in [0, 0.05) is 15.6 Å². The molecular weight excluding hydrogens is 433 g/mol. The highest BCUT2D eigenvalue weighted by Gasteiger charge is 2.18. The topological polar surface area (TPSA) is 74.0 Å². The molecule has 2 N–H and O–H groups in total. The van der Waals surface area contributed by atoms with Crippen molar-refractivity contribution in [2.45, 2.75) is 0 Å². The van der Waals surface area contributed by atoms with Gasteiger partial charge >= 0.3 is 0 Å². The summed E-state index contributed by atoms with van der Waals surface area (Å²) >= 11 is 17.9. The number of benzene rings is 3. The molecule has 0 radical (unpaired) electrons. The molecule has 3 rings (SSSR count). The summed E-state index contributed by atoms with van der Waals surface area (Å²) in [5, 5.41) is 22.5. The van der Waals surface area contributed by atoms with Crippen LogP contribution in [0.4, 0.5) is 11.4 Å². The number of rotatable bonds is 5. The first-order chi connectivity index (χ1) is 13.9. The van der Waals surface area contributed by atoms with Crippen molar-refractivity contribution in [1.82, 2.24) is 0 Å². The Morgan fingerprint density at radius 3 is 2.21 bits per heavy atom. The maximum Gasteiger partial charge on any atom is 0.280 e. The fourth-order valence-electron chi connectivity index (χ4n) is 2.32. The number of nitrogens with one attached hydrogen (secondary N) is 1. The number of nitrogens with zero attached hydrogens (tertiary/aromatic N) is 2. The number of carbonyl (C=O) groups excluding carboxylic acids is 1. The van der Waals surface area contributed by atoms with Crippen LogP contribution < -0.4 is 5.32 Å². The molecule has 0 saturated carbocycles. The smallest absolute Gasteiger partial charge is 0.280 e. The van der Waals surface area contributed by atoms with E-state index in [1.54, 1.807) is 66.7 Å². The van der Waals surface area contributed by atoms with Gasteiger partial charge in [-0.3, -0.25) is 4.79 Å². The van der Waals surface area contributed by atoms with Gasteiger partial charge in [0.15, 0.2) is 11.5 Å². The number of carbonyl (C=O) groups is 1.